The SMILES string of the molecule is COc1ccc([C@H](C)NCC2CCC(=O)N2)cc1. The van der Waals surface area contributed by atoms with Crippen LogP contribution < -0.4 is 15.4 Å². The largest absolute Gasteiger partial charge is 0.497 e. The minimum atomic E-state index is 0.166. The van der Waals surface area contributed by atoms with Crippen molar-refractivity contribution in [3.05, 3.63) is 29.8 Å². The van der Waals surface area contributed by atoms with Crippen molar-refractivity contribution >= 4 is 5.91 Å². The Balaban J connectivity index is 1.83. The van der Waals surface area contributed by atoms with Crippen LogP contribution in [0.25, 0.3) is 0 Å². The van der Waals surface area contributed by atoms with Gasteiger partial charge in [0.05, 0.1) is 7.11 Å². The first-order chi connectivity index (χ1) is 8.69. The first kappa shape index (κ1) is 12.9. The lowest BCUT2D eigenvalue weighted by Gasteiger charge is -2.17. The third-order valence-electron chi connectivity index (χ3n) is 3.37. The molecule has 1 aromatic rings. The highest BCUT2D eigenvalue weighted by atomic mass is 16.5. The predicted octanol–water partition coefficient (Wildman–Crippen LogP) is 1.62. The van der Waals surface area contributed by atoms with Gasteiger partial charge < -0.3 is 15.4 Å². The first-order valence-electron chi connectivity index (χ1n) is 6.35. The van der Waals surface area contributed by atoms with Gasteiger partial charge in [0.25, 0.3) is 0 Å². The highest BCUT2D eigenvalue weighted by molar-refractivity contribution is 5.78. The second-order valence-corrected chi connectivity index (χ2v) is 4.71. The van der Waals surface area contributed by atoms with Crippen molar-refractivity contribution < 1.29 is 9.53 Å². The van der Waals surface area contributed by atoms with Gasteiger partial charge in [-0.2, -0.15) is 0 Å². The highest BCUT2D eigenvalue weighted by Crippen LogP contribution is 2.17. The fraction of sp³-hybridized carbons (Fsp3) is 0.500. The van der Waals surface area contributed by atoms with Crippen LogP contribution >= 0.6 is 0 Å². The molecule has 0 bridgehead atoms. The zero-order chi connectivity index (χ0) is 13.0. The fourth-order valence-electron chi connectivity index (χ4n) is 2.16. The Morgan fingerprint density at radius 2 is 2.17 bits per heavy atom. The van der Waals surface area contributed by atoms with Crippen molar-refractivity contribution in [1.29, 1.82) is 0 Å². The Labute approximate surface area is 108 Å². The van der Waals surface area contributed by atoms with E-state index in [-0.39, 0.29) is 18.0 Å². The molecule has 2 N–H and O–H groups in total. The Morgan fingerprint density at radius 1 is 1.44 bits per heavy atom. The molecule has 0 aromatic heterocycles. The van der Waals surface area contributed by atoms with Crippen molar-refractivity contribution in [1.82, 2.24) is 10.6 Å². The normalized spacial score (nSPS) is 20.6. The molecule has 4 nitrogen and oxygen atoms in total. The average molecular weight is 248 g/mol. The molecule has 2 rings (SSSR count). The van der Waals surface area contributed by atoms with Gasteiger partial charge in [0.2, 0.25) is 5.91 Å². The standard InChI is InChI=1S/C14H20N2O2/c1-10(11-3-6-13(18-2)7-4-11)15-9-12-5-8-14(17)16-12/h3-4,6-7,10,12,15H,5,8-9H2,1-2H3,(H,16,17)/t10-,12?/m0/s1. The second-order valence-electron chi connectivity index (χ2n) is 4.71. The van der Waals surface area contributed by atoms with Crippen molar-refractivity contribution in [2.24, 2.45) is 0 Å². The van der Waals surface area contributed by atoms with E-state index in [0.717, 1.165) is 18.7 Å². The Hall–Kier alpha value is -1.55. The van der Waals surface area contributed by atoms with Crippen LogP contribution in [0.5, 0.6) is 5.75 Å². The first-order valence-corrected chi connectivity index (χ1v) is 6.35. The molecule has 1 heterocycles. The zero-order valence-electron chi connectivity index (χ0n) is 10.9. The van der Waals surface area contributed by atoms with E-state index >= 15 is 0 Å². The molecule has 0 aliphatic carbocycles. The van der Waals surface area contributed by atoms with Crippen LogP contribution in [0.1, 0.15) is 31.4 Å². The Bertz CT molecular complexity index is 403. The summed E-state index contributed by atoms with van der Waals surface area (Å²) in [5, 5.41) is 6.40. The molecule has 1 amide bonds. The molecule has 98 valence electrons. The van der Waals surface area contributed by atoms with Crippen molar-refractivity contribution in [3.8, 4) is 5.75 Å². The van der Waals surface area contributed by atoms with Gasteiger partial charge in [-0.1, -0.05) is 12.1 Å². The van der Waals surface area contributed by atoms with E-state index in [1.54, 1.807) is 7.11 Å². The third kappa shape index (κ3) is 3.23. The summed E-state index contributed by atoms with van der Waals surface area (Å²) in [6.07, 6.45) is 1.59. The molecule has 18 heavy (non-hydrogen) atoms. The summed E-state index contributed by atoms with van der Waals surface area (Å²) in [6, 6.07) is 8.59. The van der Waals surface area contributed by atoms with Crippen LogP contribution in [0.2, 0.25) is 0 Å². The Kier molecular flexibility index (Phi) is 4.20. The molecule has 0 saturated carbocycles. The van der Waals surface area contributed by atoms with Crippen LogP contribution in [0.15, 0.2) is 24.3 Å². The lowest BCUT2D eigenvalue weighted by Crippen LogP contribution is -2.36. The number of amides is 1. The molecule has 1 aromatic carbocycles. The van der Waals surface area contributed by atoms with Crippen LogP contribution in [0.4, 0.5) is 0 Å². The van der Waals surface area contributed by atoms with Crippen LogP contribution in [0.3, 0.4) is 0 Å². The minimum absolute atomic E-state index is 0.166. The summed E-state index contributed by atoms with van der Waals surface area (Å²) in [7, 11) is 1.67. The summed E-state index contributed by atoms with van der Waals surface area (Å²) in [4.78, 5) is 11.1. The van der Waals surface area contributed by atoms with E-state index in [1.807, 2.05) is 12.1 Å². The molecule has 1 unspecified atom stereocenters. The lowest BCUT2D eigenvalue weighted by atomic mass is 10.1. The summed E-state index contributed by atoms with van der Waals surface area (Å²) < 4.78 is 5.13. The van der Waals surface area contributed by atoms with Crippen molar-refractivity contribution in [3.63, 3.8) is 0 Å². The maximum Gasteiger partial charge on any atom is 0.220 e. The highest BCUT2D eigenvalue weighted by Gasteiger charge is 2.20. The lowest BCUT2D eigenvalue weighted by molar-refractivity contribution is -0.119. The number of methoxy groups -OCH3 is 1. The molecule has 1 saturated heterocycles. The van der Waals surface area contributed by atoms with E-state index < -0.39 is 0 Å². The second kappa shape index (κ2) is 5.87. The number of carbonyl (C=O) groups excluding carboxylic acids is 1. The van der Waals surface area contributed by atoms with Crippen LogP contribution in [0, 0.1) is 0 Å². The number of nitrogens with one attached hydrogen (secondary N) is 2. The van der Waals surface area contributed by atoms with Gasteiger partial charge in [0.15, 0.2) is 0 Å². The molecule has 1 aliphatic rings. The number of hydrogen-bond acceptors (Lipinski definition) is 3. The summed E-state index contributed by atoms with van der Waals surface area (Å²) in [6.45, 7) is 2.94. The van der Waals surface area contributed by atoms with Gasteiger partial charge in [-0.15, -0.1) is 0 Å². The monoisotopic (exact) mass is 248 g/mol. The molecule has 1 fully saturated rings. The molecule has 1 aliphatic heterocycles. The summed E-state index contributed by atoms with van der Waals surface area (Å²) >= 11 is 0. The third-order valence-corrected chi connectivity index (χ3v) is 3.37. The van der Waals surface area contributed by atoms with E-state index in [2.05, 4.69) is 29.7 Å². The van der Waals surface area contributed by atoms with Gasteiger partial charge in [0.1, 0.15) is 5.75 Å². The zero-order valence-corrected chi connectivity index (χ0v) is 10.9. The van der Waals surface area contributed by atoms with E-state index in [9.17, 15) is 4.79 Å². The topological polar surface area (TPSA) is 50.4 Å². The average Bonchev–Trinajstić information content (AvgIpc) is 2.82. The smallest absolute Gasteiger partial charge is 0.220 e. The summed E-state index contributed by atoms with van der Waals surface area (Å²) in [5.74, 6) is 1.04. The maximum atomic E-state index is 11.1. The number of carbonyl (C=O) groups is 1. The number of benzene rings is 1. The molecule has 4 heteroatoms. The van der Waals surface area contributed by atoms with Crippen molar-refractivity contribution in [2.45, 2.75) is 31.8 Å². The molecular formula is C14H20N2O2. The molecule has 0 spiro atoms. The van der Waals surface area contributed by atoms with E-state index in [1.165, 1.54) is 5.56 Å². The van der Waals surface area contributed by atoms with Gasteiger partial charge in [0, 0.05) is 25.0 Å². The molecule has 0 radical (unpaired) electrons. The van der Waals surface area contributed by atoms with Crippen LogP contribution in [-0.4, -0.2) is 25.6 Å². The fourth-order valence-corrected chi connectivity index (χ4v) is 2.16. The number of hydrogen-bond donors (Lipinski definition) is 2. The van der Waals surface area contributed by atoms with Gasteiger partial charge >= 0.3 is 0 Å². The summed E-state index contributed by atoms with van der Waals surface area (Å²) in [5.41, 5.74) is 1.22. The van der Waals surface area contributed by atoms with Crippen molar-refractivity contribution in [2.75, 3.05) is 13.7 Å². The predicted molar refractivity (Wildman–Crippen MR) is 70.6 cm³/mol. The van der Waals surface area contributed by atoms with Gasteiger partial charge in [-0.3, -0.25) is 4.79 Å². The quantitative estimate of drug-likeness (QED) is 0.832. The van der Waals surface area contributed by atoms with Gasteiger partial charge in [-0.25, -0.2) is 0 Å². The number of ether oxygens (including phenoxy) is 1. The van der Waals surface area contributed by atoms with E-state index in [4.69, 9.17) is 4.74 Å². The maximum absolute atomic E-state index is 11.1. The minimum Gasteiger partial charge on any atom is -0.497 e. The van der Waals surface area contributed by atoms with E-state index in [0.29, 0.717) is 6.42 Å². The van der Waals surface area contributed by atoms with Gasteiger partial charge in [-0.05, 0) is 31.0 Å². The number of rotatable bonds is 5. The molecular weight excluding hydrogens is 228 g/mol. The van der Waals surface area contributed by atoms with Crippen LogP contribution in [-0.2, 0) is 4.79 Å². The molecule has 2 atom stereocenters. The Morgan fingerprint density at radius 3 is 2.72 bits per heavy atom.